The van der Waals surface area contributed by atoms with E-state index in [9.17, 15) is 19.2 Å². The normalized spacial score (nSPS) is 11.5. The highest BCUT2D eigenvalue weighted by Crippen LogP contribution is 2.12. The van der Waals surface area contributed by atoms with Crippen LogP contribution in [0.3, 0.4) is 0 Å². The summed E-state index contributed by atoms with van der Waals surface area (Å²) in [6.07, 6.45) is -3.26. The van der Waals surface area contributed by atoms with Gasteiger partial charge >= 0.3 is 24.1 Å². The van der Waals surface area contributed by atoms with Gasteiger partial charge in [-0.15, -0.1) is 0 Å². The molecule has 0 saturated heterocycles. The van der Waals surface area contributed by atoms with Crippen molar-refractivity contribution < 1.29 is 47.6 Å². The molecule has 0 fully saturated rings. The summed E-state index contributed by atoms with van der Waals surface area (Å²) in [7, 11) is 0. The van der Waals surface area contributed by atoms with Gasteiger partial charge in [0.15, 0.2) is 12.2 Å². The van der Waals surface area contributed by atoms with Gasteiger partial charge in [-0.3, -0.25) is 0 Å². The van der Waals surface area contributed by atoms with Crippen molar-refractivity contribution in [2.45, 2.75) is 39.1 Å². The van der Waals surface area contributed by atoms with Gasteiger partial charge in [0.1, 0.15) is 37.9 Å². The monoisotopic (exact) mass is 660 g/mol. The number of para-hydroxylation sites is 2. The van der Waals surface area contributed by atoms with Crippen molar-refractivity contribution in [2.75, 3.05) is 26.4 Å². The molecule has 3 rings (SSSR count). The molecule has 3 aromatic rings. The second-order valence-corrected chi connectivity index (χ2v) is 10.6. The molecule has 0 radical (unpaired) electrons. The number of rotatable bonds is 18. The highest BCUT2D eigenvalue weighted by atomic mass is 16.6. The van der Waals surface area contributed by atoms with E-state index in [2.05, 4.69) is 23.8 Å². The van der Waals surface area contributed by atoms with Crippen LogP contribution < -0.4 is 20.1 Å². The number of benzene rings is 3. The maximum absolute atomic E-state index is 12.6. The number of nitrogens with one attached hydrogen (secondary N) is 2. The van der Waals surface area contributed by atoms with Gasteiger partial charge in [-0.25, -0.2) is 19.2 Å². The molecule has 0 heterocycles. The Bertz CT molecular complexity index is 1420. The van der Waals surface area contributed by atoms with Crippen molar-refractivity contribution in [1.82, 2.24) is 10.6 Å². The molecule has 0 bridgehead atoms. The predicted octanol–water partition coefficient (Wildman–Crippen LogP) is 5.27. The summed E-state index contributed by atoms with van der Waals surface area (Å²) in [6.45, 7) is 9.81. The molecule has 2 N–H and O–H groups in total. The maximum atomic E-state index is 12.6. The number of hydrogen-bond acceptors (Lipinski definition) is 10. The molecule has 3 aromatic carbocycles. The fraction of sp³-hybridized carbons (Fsp3) is 0.278. The average molecular weight is 661 g/mol. The van der Waals surface area contributed by atoms with Crippen molar-refractivity contribution in [3.05, 3.63) is 120 Å². The Morgan fingerprint density at radius 2 is 0.979 bits per heavy atom. The summed E-state index contributed by atoms with van der Waals surface area (Å²) >= 11 is 0. The lowest BCUT2D eigenvalue weighted by Gasteiger charge is -2.19. The first-order valence-electron chi connectivity index (χ1n) is 15.1. The number of ether oxygens (including phenoxy) is 6. The minimum atomic E-state index is -0.888. The molecule has 12 heteroatoms. The van der Waals surface area contributed by atoms with Crippen LogP contribution in [-0.2, 0) is 41.6 Å². The summed E-state index contributed by atoms with van der Waals surface area (Å²) in [5.74, 6) is -0.0934. The molecule has 12 nitrogen and oxygen atoms in total. The van der Waals surface area contributed by atoms with E-state index in [0.717, 1.165) is 11.1 Å². The Kier molecular flexibility index (Phi) is 15.0. The minimum Gasteiger partial charge on any atom is -0.490 e. The molecule has 2 unspecified atom stereocenters. The summed E-state index contributed by atoms with van der Waals surface area (Å²) in [5, 5.41) is 5.33. The standard InChI is InChI=1S/C36H40N2O10/c1-25(2)33(39)45-23-31(21-43-29-14-7-5-8-15-29)47-35(41)37-19-27-12-11-13-28(18-27)20-38-36(42)48-32(24-46-34(40)26(3)4)22-44-30-16-9-6-10-17-30/h5-18,31-32H,1,3,19-24H2,2,4H3,(H,37,41)(H,38,42). The van der Waals surface area contributed by atoms with E-state index in [1.807, 2.05) is 12.1 Å². The van der Waals surface area contributed by atoms with Crippen LogP contribution in [0, 0.1) is 0 Å². The van der Waals surface area contributed by atoms with E-state index in [1.54, 1.807) is 72.8 Å². The highest BCUT2D eigenvalue weighted by Gasteiger charge is 2.20. The average Bonchev–Trinajstić information content (AvgIpc) is 3.09. The molecule has 0 saturated carbocycles. The molecule has 2 atom stereocenters. The van der Waals surface area contributed by atoms with E-state index in [0.29, 0.717) is 11.5 Å². The summed E-state index contributed by atoms with van der Waals surface area (Å²) < 4.78 is 32.6. The van der Waals surface area contributed by atoms with Gasteiger partial charge in [-0.2, -0.15) is 0 Å². The summed E-state index contributed by atoms with van der Waals surface area (Å²) in [5.41, 5.74) is 1.88. The topological polar surface area (TPSA) is 148 Å². The van der Waals surface area contributed by atoms with Gasteiger partial charge in [0.2, 0.25) is 0 Å². The highest BCUT2D eigenvalue weighted by molar-refractivity contribution is 5.87. The molecule has 2 amide bonds. The quantitative estimate of drug-likeness (QED) is 0.105. The Hall–Kier alpha value is -5.78. The fourth-order valence-corrected chi connectivity index (χ4v) is 3.81. The van der Waals surface area contributed by atoms with Crippen LogP contribution in [-0.4, -0.2) is 62.8 Å². The third-order valence-electron chi connectivity index (χ3n) is 6.27. The van der Waals surface area contributed by atoms with Gasteiger partial charge in [0, 0.05) is 24.2 Å². The van der Waals surface area contributed by atoms with Crippen LogP contribution in [0.4, 0.5) is 9.59 Å². The van der Waals surface area contributed by atoms with Gasteiger partial charge in [-0.05, 0) is 49.2 Å². The van der Waals surface area contributed by atoms with Crippen LogP contribution >= 0.6 is 0 Å². The first-order valence-corrected chi connectivity index (χ1v) is 15.1. The largest absolute Gasteiger partial charge is 0.490 e. The van der Waals surface area contributed by atoms with Crippen LogP contribution in [0.15, 0.2) is 109 Å². The van der Waals surface area contributed by atoms with Gasteiger partial charge in [0.05, 0.1) is 0 Å². The van der Waals surface area contributed by atoms with Gasteiger partial charge in [-0.1, -0.05) is 73.8 Å². The molecular formula is C36H40N2O10. The van der Waals surface area contributed by atoms with Gasteiger partial charge in [0.25, 0.3) is 0 Å². The lowest BCUT2D eigenvalue weighted by molar-refractivity contribution is -0.143. The Labute approximate surface area is 279 Å². The van der Waals surface area contributed by atoms with E-state index in [1.165, 1.54) is 13.8 Å². The van der Waals surface area contributed by atoms with E-state index >= 15 is 0 Å². The fourth-order valence-electron chi connectivity index (χ4n) is 3.81. The van der Waals surface area contributed by atoms with Crippen molar-refractivity contribution >= 4 is 24.1 Å². The SMILES string of the molecule is C=C(C)C(=O)OCC(COc1ccccc1)OC(=O)NCc1cccc(CNC(=O)OC(COC(=O)C(=C)C)COc2ccccc2)c1. The number of amides is 2. The first kappa shape index (κ1) is 36.7. The molecule has 0 aliphatic rings. The van der Waals surface area contributed by atoms with E-state index in [4.69, 9.17) is 28.4 Å². The van der Waals surface area contributed by atoms with Crippen molar-refractivity contribution in [1.29, 1.82) is 0 Å². The number of esters is 2. The number of carbonyl (C=O) groups excluding carboxylic acids is 4. The van der Waals surface area contributed by atoms with Crippen molar-refractivity contribution in [3.8, 4) is 11.5 Å². The van der Waals surface area contributed by atoms with Gasteiger partial charge < -0.3 is 39.1 Å². The van der Waals surface area contributed by atoms with E-state index in [-0.39, 0.29) is 50.7 Å². The lowest BCUT2D eigenvalue weighted by atomic mass is 10.1. The number of hydrogen-bond donors (Lipinski definition) is 2. The summed E-state index contributed by atoms with van der Waals surface area (Å²) in [4.78, 5) is 49.0. The van der Waals surface area contributed by atoms with Crippen LogP contribution in [0.5, 0.6) is 11.5 Å². The smallest absolute Gasteiger partial charge is 0.407 e. The molecule has 0 aliphatic heterocycles. The molecule has 0 aliphatic carbocycles. The van der Waals surface area contributed by atoms with Crippen molar-refractivity contribution in [3.63, 3.8) is 0 Å². The Morgan fingerprint density at radius 3 is 1.35 bits per heavy atom. The van der Waals surface area contributed by atoms with Crippen LogP contribution in [0.25, 0.3) is 0 Å². The molecular weight excluding hydrogens is 620 g/mol. The third-order valence-corrected chi connectivity index (χ3v) is 6.27. The second kappa shape index (κ2) is 19.7. The molecule has 0 spiro atoms. The Balaban J connectivity index is 1.50. The zero-order valence-electron chi connectivity index (χ0n) is 27.0. The van der Waals surface area contributed by atoms with Crippen LogP contribution in [0.2, 0.25) is 0 Å². The molecule has 254 valence electrons. The van der Waals surface area contributed by atoms with Crippen molar-refractivity contribution in [2.24, 2.45) is 0 Å². The third kappa shape index (κ3) is 14.1. The van der Waals surface area contributed by atoms with Crippen LogP contribution in [0.1, 0.15) is 25.0 Å². The zero-order chi connectivity index (χ0) is 34.7. The zero-order valence-corrected chi connectivity index (χ0v) is 27.0. The first-order chi connectivity index (χ1) is 23.1. The predicted molar refractivity (Wildman–Crippen MR) is 176 cm³/mol. The lowest BCUT2D eigenvalue weighted by Crippen LogP contribution is -2.35. The maximum Gasteiger partial charge on any atom is 0.407 e. The number of alkyl carbamates (subject to hydrolysis) is 2. The minimum absolute atomic E-state index is 0.0479. The summed E-state index contributed by atoms with van der Waals surface area (Å²) in [6, 6.07) is 25.0. The molecule has 48 heavy (non-hydrogen) atoms. The molecule has 0 aromatic heterocycles. The Morgan fingerprint density at radius 1 is 0.583 bits per heavy atom. The number of carbonyl (C=O) groups is 4. The van der Waals surface area contributed by atoms with E-state index < -0.39 is 36.3 Å². The second-order valence-electron chi connectivity index (χ2n) is 10.6.